The van der Waals surface area contributed by atoms with Gasteiger partial charge in [-0.1, -0.05) is 0 Å². The zero-order valence-corrected chi connectivity index (χ0v) is 8.81. The molecule has 2 fully saturated rings. The van der Waals surface area contributed by atoms with Gasteiger partial charge in [0.2, 0.25) is 0 Å². The second kappa shape index (κ2) is 3.24. The van der Waals surface area contributed by atoms with E-state index in [0.29, 0.717) is 23.8 Å². The number of hydrogen-bond acceptors (Lipinski definition) is 3. The van der Waals surface area contributed by atoms with Crippen molar-refractivity contribution in [3.63, 3.8) is 0 Å². The Hall–Kier alpha value is -0.0900. The van der Waals surface area contributed by atoms with E-state index in [-0.39, 0.29) is 0 Å². The van der Waals surface area contributed by atoms with Crippen LogP contribution in [-0.4, -0.2) is 32.5 Å². The maximum atomic E-state index is 11.1. The molecule has 2 saturated heterocycles. The van der Waals surface area contributed by atoms with E-state index in [4.69, 9.17) is 0 Å². The maximum absolute atomic E-state index is 11.1. The largest absolute Gasteiger partial charge is 0.311 e. The van der Waals surface area contributed by atoms with Crippen molar-refractivity contribution in [3.8, 4) is 0 Å². The fourth-order valence-electron chi connectivity index (χ4n) is 2.74. The number of sulfone groups is 1. The predicted octanol–water partition coefficient (Wildman–Crippen LogP) is 0.562. The molecule has 0 aromatic carbocycles. The summed E-state index contributed by atoms with van der Waals surface area (Å²) in [5.41, 5.74) is 0. The highest BCUT2D eigenvalue weighted by Crippen LogP contribution is 2.31. The average molecular weight is 203 g/mol. The molecule has 76 valence electrons. The lowest BCUT2D eigenvalue weighted by Gasteiger charge is -2.28. The third-order valence-corrected chi connectivity index (χ3v) is 4.19. The summed E-state index contributed by atoms with van der Waals surface area (Å²) in [5, 5.41) is 3.51. The van der Waals surface area contributed by atoms with Crippen LogP contribution in [0.3, 0.4) is 0 Å². The molecule has 0 radical (unpaired) electrons. The van der Waals surface area contributed by atoms with Crippen molar-refractivity contribution in [2.24, 2.45) is 5.92 Å². The van der Waals surface area contributed by atoms with E-state index in [2.05, 4.69) is 5.32 Å². The van der Waals surface area contributed by atoms with Crippen molar-refractivity contribution in [1.82, 2.24) is 5.32 Å². The maximum Gasteiger partial charge on any atom is 0.147 e. The van der Waals surface area contributed by atoms with E-state index in [9.17, 15) is 8.42 Å². The second-order valence-corrected chi connectivity index (χ2v) is 6.75. The van der Waals surface area contributed by atoms with Crippen LogP contribution in [0.25, 0.3) is 0 Å². The lowest BCUT2D eigenvalue weighted by Crippen LogP contribution is -2.39. The van der Waals surface area contributed by atoms with Gasteiger partial charge in [-0.3, -0.25) is 0 Å². The van der Waals surface area contributed by atoms with Gasteiger partial charge in [-0.05, 0) is 31.6 Å². The summed E-state index contributed by atoms with van der Waals surface area (Å²) in [7, 11) is -2.77. The standard InChI is InChI=1S/C9H17NO2S/c1-13(11,12)6-7-4-8-2-3-9(5-7)10-8/h7-10H,2-6H2,1H3/t7?,8-,9+. The molecule has 13 heavy (non-hydrogen) atoms. The minimum atomic E-state index is -2.77. The number of nitrogens with one attached hydrogen (secondary N) is 1. The molecule has 3 nitrogen and oxygen atoms in total. The van der Waals surface area contributed by atoms with Gasteiger partial charge < -0.3 is 5.32 Å². The van der Waals surface area contributed by atoms with Crippen molar-refractivity contribution in [1.29, 1.82) is 0 Å². The topological polar surface area (TPSA) is 46.2 Å². The van der Waals surface area contributed by atoms with Gasteiger partial charge in [-0.25, -0.2) is 8.42 Å². The number of rotatable bonds is 2. The van der Waals surface area contributed by atoms with Crippen LogP contribution in [0.2, 0.25) is 0 Å². The van der Waals surface area contributed by atoms with Gasteiger partial charge in [0.05, 0.1) is 5.75 Å². The highest BCUT2D eigenvalue weighted by atomic mass is 32.2. The van der Waals surface area contributed by atoms with Crippen LogP contribution in [-0.2, 0) is 9.84 Å². The number of piperidine rings is 1. The molecule has 3 atom stereocenters. The Kier molecular flexibility index (Phi) is 2.36. The quantitative estimate of drug-likeness (QED) is 0.713. The molecule has 0 aromatic rings. The molecule has 1 N–H and O–H groups in total. The monoisotopic (exact) mass is 203 g/mol. The molecule has 0 amide bonds. The van der Waals surface area contributed by atoms with Gasteiger partial charge in [0.25, 0.3) is 0 Å². The molecule has 0 spiro atoms. The van der Waals surface area contributed by atoms with Crippen LogP contribution in [0.4, 0.5) is 0 Å². The molecule has 2 bridgehead atoms. The number of fused-ring (bicyclic) bond motifs is 2. The van der Waals surface area contributed by atoms with Gasteiger partial charge in [0.1, 0.15) is 9.84 Å². The summed E-state index contributed by atoms with van der Waals surface area (Å²) >= 11 is 0. The van der Waals surface area contributed by atoms with Crippen LogP contribution in [0.1, 0.15) is 25.7 Å². The van der Waals surface area contributed by atoms with Crippen molar-refractivity contribution in [3.05, 3.63) is 0 Å². The van der Waals surface area contributed by atoms with Gasteiger partial charge in [0, 0.05) is 18.3 Å². The third kappa shape index (κ3) is 2.44. The molecule has 2 aliphatic heterocycles. The Balaban J connectivity index is 1.96. The Morgan fingerprint density at radius 2 is 1.77 bits per heavy atom. The lowest BCUT2D eigenvalue weighted by molar-refractivity contribution is 0.320. The van der Waals surface area contributed by atoms with Gasteiger partial charge in [-0.15, -0.1) is 0 Å². The highest BCUT2D eigenvalue weighted by molar-refractivity contribution is 7.90. The molecule has 2 heterocycles. The molecule has 4 heteroatoms. The molecule has 0 saturated carbocycles. The van der Waals surface area contributed by atoms with E-state index >= 15 is 0 Å². The molecule has 1 unspecified atom stereocenters. The van der Waals surface area contributed by atoms with Crippen molar-refractivity contribution in [2.45, 2.75) is 37.8 Å². The van der Waals surface area contributed by atoms with Crippen LogP contribution in [0.5, 0.6) is 0 Å². The fourth-order valence-corrected chi connectivity index (χ4v) is 3.87. The number of hydrogen-bond donors (Lipinski definition) is 1. The summed E-state index contributed by atoms with van der Waals surface area (Å²) in [6, 6.07) is 1.20. The van der Waals surface area contributed by atoms with E-state index < -0.39 is 9.84 Å². The van der Waals surface area contributed by atoms with Crippen molar-refractivity contribution in [2.75, 3.05) is 12.0 Å². The molecular weight excluding hydrogens is 186 g/mol. The van der Waals surface area contributed by atoms with Crippen LogP contribution < -0.4 is 5.32 Å². The average Bonchev–Trinajstić information content (AvgIpc) is 2.27. The first-order valence-corrected chi connectivity index (χ1v) is 7.03. The normalized spacial score (nSPS) is 39.3. The van der Waals surface area contributed by atoms with Gasteiger partial charge in [-0.2, -0.15) is 0 Å². The Morgan fingerprint density at radius 1 is 1.23 bits per heavy atom. The summed E-state index contributed by atoms with van der Waals surface area (Å²) in [4.78, 5) is 0. The van der Waals surface area contributed by atoms with Crippen LogP contribution in [0, 0.1) is 5.92 Å². The first-order chi connectivity index (χ1) is 6.03. The first-order valence-electron chi connectivity index (χ1n) is 4.97. The van der Waals surface area contributed by atoms with E-state index in [1.54, 1.807) is 0 Å². The smallest absolute Gasteiger partial charge is 0.147 e. The molecule has 0 aliphatic carbocycles. The fraction of sp³-hybridized carbons (Fsp3) is 1.00. The Labute approximate surface area is 79.8 Å². The molecular formula is C9H17NO2S. The lowest BCUT2D eigenvalue weighted by atomic mass is 9.94. The third-order valence-electron chi connectivity index (χ3n) is 3.11. The van der Waals surface area contributed by atoms with Crippen molar-refractivity contribution >= 4 is 9.84 Å². The van der Waals surface area contributed by atoms with E-state index in [1.165, 1.54) is 19.1 Å². The van der Waals surface area contributed by atoms with Crippen molar-refractivity contribution < 1.29 is 8.42 Å². The summed E-state index contributed by atoms with van der Waals surface area (Å²) in [5.74, 6) is 0.801. The Bertz CT molecular complexity index is 274. The van der Waals surface area contributed by atoms with Crippen LogP contribution >= 0.6 is 0 Å². The summed E-state index contributed by atoms with van der Waals surface area (Å²) < 4.78 is 22.2. The zero-order chi connectivity index (χ0) is 9.47. The summed E-state index contributed by atoms with van der Waals surface area (Å²) in [6.07, 6.45) is 5.94. The second-order valence-electron chi connectivity index (χ2n) is 4.57. The molecule has 2 aliphatic rings. The first kappa shape index (κ1) is 9.46. The van der Waals surface area contributed by atoms with Gasteiger partial charge in [0.15, 0.2) is 0 Å². The zero-order valence-electron chi connectivity index (χ0n) is 7.99. The molecule has 0 aromatic heterocycles. The minimum absolute atomic E-state index is 0.391. The molecule has 2 rings (SSSR count). The SMILES string of the molecule is CS(=O)(=O)CC1C[C@H]2CC[C@@H](C1)N2. The van der Waals surface area contributed by atoms with Gasteiger partial charge >= 0.3 is 0 Å². The minimum Gasteiger partial charge on any atom is -0.311 e. The van der Waals surface area contributed by atoms with Crippen LogP contribution in [0.15, 0.2) is 0 Å². The highest BCUT2D eigenvalue weighted by Gasteiger charge is 2.34. The van der Waals surface area contributed by atoms with E-state index in [0.717, 1.165) is 12.8 Å². The summed E-state index contributed by atoms with van der Waals surface area (Å²) in [6.45, 7) is 0. The predicted molar refractivity (Wildman–Crippen MR) is 52.4 cm³/mol. The Morgan fingerprint density at radius 3 is 2.23 bits per heavy atom. The van der Waals surface area contributed by atoms with E-state index in [1.807, 2.05) is 0 Å².